The molecule has 0 bridgehead atoms. The van der Waals surface area contributed by atoms with Crippen LogP contribution in [0.2, 0.25) is 0 Å². The van der Waals surface area contributed by atoms with Crippen molar-refractivity contribution in [2.45, 2.75) is 51.1 Å². The van der Waals surface area contributed by atoms with Gasteiger partial charge in [0.15, 0.2) is 0 Å². The van der Waals surface area contributed by atoms with E-state index in [2.05, 4.69) is 45.3 Å². The minimum absolute atomic E-state index is 0.561. The van der Waals surface area contributed by atoms with Gasteiger partial charge in [0.2, 0.25) is 0 Å². The van der Waals surface area contributed by atoms with Gasteiger partial charge in [0, 0.05) is 17.5 Å². The van der Waals surface area contributed by atoms with E-state index < -0.39 is 0 Å². The predicted octanol–water partition coefficient (Wildman–Crippen LogP) is 3.37. The summed E-state index contributed by atoms with van der Waals surface area (Å²) in [7, 11) is 0. The molecule has 1 aliphatic heterocycles. The second-order valence-electron chi connectivity index (χ2n) is 6.81. The number of benzene rings is 1. The van der Waals surface area contributed by atoms with Crippen LogP contribution in [0, 0.1) is 6.92 Å². The van der Waals surface area contributed by atoms with E-state index in [4.69, 9.17) is 0 Å². The van der Waals surface area contributed by atoms with E-state index in [0.717, 1.165) is 22.8 Å². The molecule has 2 heterocycles. The summed E-state index contributed by atoms with van der Waals surface area (Å²) in [5.41, 5.74) is 2.28. The Hall–Kier alpha value is -1.68. The van der Waals surface area contributed by atoms with Crippen LogP contribution < -0.4 is 5.32 Å². The van der Waals surface area contributed by atoms with Gasteiger partial charge in [0.25, 0.3) is 0 Å². The van der Waals surface area contributed by atoms with Gasteiger partial charge in [-0.2, -0.15) is 0 Å². The van der Waals surface area contributed by atoms with Crippen LogP contribution in [0.25, 0.3) is 10.9 Å². The van der Waals surface area contributed by atoms with Crippen LogP contribution in [0.4, 0.5) is 5.82 Å². The van der Waals surface area contributed by atoms with E-state index in [9.17, 15) is 0 Å². The Kier molecular flexibility index (Phi) is 3.70. The quantitative estimate of drug-likeness (QED) is 0.943. The molecule has 0 spiro atoms. The first-order chi connectivity index (χ1) is 10.8. The van der Waals surface area contributed by atoms with Crippen LogP contribution in [0.15, 0.2) is 24.5 Å². The van der Waals surface area contributed by atoms with Crippen LogP contribution in [-0.4, -0.2) is 40.0 Å². The molecule has 2 aromatic rings. The van der Waals surface area contributed by atoms with Crippen LogP contribution in [-0.2, 0) is 0 Å². The van der Waals surface area contributed by atoms with Gasteiger partial charge < -0.3 is 10.2 Å². The Bertz CT molecular complexity index is 657. The maximum atomic E-state index is 4.47. The number of aryl methyl sites for hydroxylation is 1. The maximum absolute atomic E-state index is 4.47. The van der Waals surface area contributed by atoms with Crippen molar-refractivity contribution < 1.29 is 0 Å². The average molecular weight is 296 g/mol. The van der Waals surface area contributed by atoms with Gasteiger partial charge in [-0.25, -0.2) is 9.97 Å². The SMILES string of the molecule is Cc1ccc2ncnc(NC3CC(N4CCCCC4)C3)c2c1. The Morgan fingerprint density at radius 1 is 1.09 bits per heavy atom. The van der Waals surface area contributed by atoms with Crippen LogP contribution >= 0.6 is 0 Å². The molecule has 1 aromatic carbocycles. The van der Waals surface area contributed by atoms with Crippen LogP contribution in [0.3, 0.4) is 0 Å². The summed E-state index contributed by atoms with van der Waals surface area (Å²) in [6.07, 6.45) is 8.33. The van der Waals surface area contributed by atoms with Gasteiger partial charge in [0.1, 0.15) is 12.1 Å². The number of piperidine rings is 1. The zero-order valence-electron chi connectivity index (χ0n) is 13.3. The minimum Gasteiger partial charge on any atom is -0.367 e. The molecule has 22 heavy (non-hydrogen) atoms. The second-order valence-corrected chi connectivity index (χ2v) is 6.81. The van der Waals surface area contributed by atoms with Gasteiger partial charge in [-0.1, -0.05) is 18.1 Å². The molecule has 1 saturated heterocycles. The summed E-state index contributed by atoms with van der Waals surface area (Å²) in [5, 5.41) is 4.78. The second kappa shape index (κ2) is 5.84. The van der Waals surface area contributed by atoms with Gasteiger partial charge in [-0.15, -0.1) is 0 Å². The van der Waals surface area contributed by atoms with E-state index >= 15 is 0 Å². The number of rotatable bonds is 3. The molecule has 1 aromatic heterocycles. The molecule has 4 heteroatoms. The minimum atomic E-state index is 0.561. The molecule has 4 nitrogen and oxygen atoms in total. The lowest BCUT2D eigenvalue weighted by Crippen LogP contribution is -2.51. The molecule has 0 unspecified atom stereocenters. The van der Waals surface area contributed by atoms with Crippen LogP contribution in [0.5, 0.6) is 0 Å². The summed E-state index contributed by atoms with van der Waals surface area (Å²) in [6.45, 7) is 4.71. The number of hydrogen-bond acceptors (Lipinski definition) is 4. The number of hydrogen-bond donors (Lipinski definition) is 1. The summed E-state index contributed by atoms with van der Waals surface area (Å²) >= 11 is 0. The van der Waals surface area contributed by atoms with Gasteiger partial charge in [-0.3, -0.25) is 0 Å². The Balaban J connectivity index is 1.43. The number of likely N-dealkylation sites (tertiary alicyclic amines) is 1. The monoisotopic (exact) mass is 296 g/mol. The van der Waals surface area contributed by atoms with E-state index in [1.165, 1.54) is 50.8 Å². The fourth-order valence-corrected chi connectivity index (χ4v) is 3.77. The zero-order valence-corrected chi connectivity index (χ0v) is 13.3. The lowest BCUT2D eigenvalue weighted by atomic mass is 9.84. The normalized spacial score (nSPS) is 25.9. The molecule has 0 radical (unpaired) electrons. The molecule has 2 fully saturated rings. The third kappa shape index (κ3) is 2.68. The average Bonchev–Trinajstić information content (AvgIpc) is 2.51. The molecule has 0 amide bonds. The van der Waals surface area contributed by atoms with Crippen LogP contribution in [0.1, 0.15) is 37.7 Å². The lowest BCUT2D eigenvalue weighted by Gasteiger charge is -2.45. The molecule has 0 atom stereocenters. The summed E-state index contributed by atoms with van der Waals surface area (Å²) in [5.74, 6) is 0.996. The number of anilines is 1. The Morgan fingerprint density at radius 3 is 2.73 bits per heavy atom. The molecule has 1 N–H and O–H groups in total. The van der Waals surface area contributed by atoms with E-state index in [1.54, 1.807) is 6.33 Å². The fourth-order valence-electron chi connectivity index (χ4n) is 3.77. The van der Waals surface area contributed by atoms with Gasteiger partial charge in [0.05, 0.1) is 5.52 Å². The summed E-state index contributed by atoms with van der Waals surface area (Å²) < 4.78 is 0. The first-order valence-corrected chi connectivity index (χ1v) is 8.51. The van der Waals surface area contributed by atoms with Crippen molar-refractivity contribution in [2.75, 3.05) is 18.4 Å². The number of aromatic nitrogens is 2. The highest BCUT2D eigenvalue weighted by atomic mass is 15.2. The van der Waals surface area contributed by atoms with Crippen molar-refractivity contribution in [3.8, 4) is 0 Å². The highest BCUT2D eigenvalue weighted by Gasteiger charge is 2.34. The number of nitrogens with one attached hydrogen (secondary N) is 1. The highest BCUT2D eigenvalue weighted by Crippen LogP contribution is 2.31. The van der Waals surface area contributed by atoms with Gasteiger partial charge in [-0.05, 0) is 57.8 Å². The molecule has 1 aliphatic carbocycles. The zero-order chi connectivity index (χ0) is 14.9. The summed E-state index contributed by atoms with van der Waals surface area (Å²) in [4.78, 5) is 11.5. The smallest absolute Gasteiger partial charge is 0.137 e. The first-order valence-electron chi connectivity index (χ1n) is 8.51. The molecule has 2 aliphatic rings. The van der Waals surface area contributed by atoms with Crippen molar-refractivity contribution in [1.82, 2.24) is 14.9 Å². The van der Waals surface area contributed by atoms with Crippen molar-refractivity contribution in [1.29, 1.82) is 0 Å². The lowest BCUT2D eigenvalue weighted by molar-refractivity contribution is 0.0959. The van der Waals surface area contributed by atoms with Crippen molar-refractivity contribution in [3.63, 3.8) is 0 Å². The molecular formula is C18H24N4. The Labute approximate surface area is 131 Å². The van der Waals surface area contributed by atoms with E-state index in [-0.39, 0.29) is 0 Å². The van der Waals surface area contributed by atoms with Crippen molar-refractivity contribution in [2.24, 2.45) is 0 Å². The Morgan fingerprint density at radius 2 is 1.91 bits per heavy atom. The standard InChI is InChI=1S/C18H24N4/c1-13-5-6-17-16(9-13)18(20-12-19-17)21-14-10-15(11-14)22-7-3-2-4-8-22/h5-6,9,12,14-15H,2-4,7-8,10-11H2,1H3,(H,19,20,21). The number of nitrogens with zero attached hydrogens (tertiary/aromatic N) is 3. The summed E-state index contributed by atoms with van der Waals surface area (Å²) in [6, 6.07) is 7.71. The first kappa shape index (κ1) is 13.9. The predicted molar refractivity (Wildman–Crippen MR) is 90.1 cm³/mol. The highest BCUT2D eigenvalue weighted by molar-refractivity contribution is 5.89. The van der Waals surface area contributed by atoms with Crippen molar-refractivity contribution in [3.05, 3.63) is 30.1 Å². The van der Waals surface area contributed by atoms with E-state index in [0.29, 0.717) is 6.04 Å². The number of fused-ring (bicyclic) bond motifs is 1. The third-order valence-electron chi connectivity index (χ3n) is 5.15. The van der Waals surface area contributed by atoms with Gasteiger partial charge >= 0.3 is 0 Å². The maximum Gasteiger partial charge on any atom is 0.137 e. The topological polar surface area (TPSA) is 41.1 Å². The molecule has 4 rings (SSSR count). The largest absolute Gasteiger partial charge is 0.367 e. The molecular weight excluding hydrogens is 272 g/mol. The fraction of sp³-hybridized carbons (Fsp3) is 0.556. The third-order valence-corrected chi connectivity index (χ3v) is 5.15. The van der Waals surface area contributed by atoms with E-state index in [1.807, 2.05) is 0 Å². The van der Waals surface area contributed by atoms with Crippen molar-refractivity contribution >= 4 is 16.7 Å². The molecule has 1 saturated carbocycles. The molecule has 116 valence electrons.